The molecule has 0 bridgehead atoms. The number of anilines is 1. The van der Waals surface area contributed by atoms with Crippen LogP contribution in [0.3, 0.4) is 0 Å². The van der Waals surface area contributed by atoms with Gasteiger partial charge in [-0.15, -0.1) is 0 Å². The molecule has 21 heavy (non-hydrogen) atoms. The van der Waals surface area contributed by atoms with Crippen molar-refractivity contribution < 1.29 is 19.5 Å². The van der Waals surface area contributed by atoms with Crippen LogP contribution in [0.4, 0.5) is 5.69 Å². The van der Waals surface area contributed by atoms with Gasteiger partial charge in [0.1, 0.15) is 6.04 Å². The van der Waals surface area contributed by atoms with E-state index in [9.17, 15) is 19.5 Å². The predicted octanol–water partition coefficient (Wildman–Crippen LogP) is 0.403. The number of nitrogens with zero attached hydrogens (tertiary/aromatic N) is 1. The lowest BCUT2D eigenvalue weighted by Crippen LogP contribution is -2.42. The van der Waals surface area contributed by atoms with Crippen LogP contribution in [0.5, 0.6) is 0 Å². The molecular weight excluding hydrogens is 274 g/mol. The molecule has 1 aromatic carbocycles. The molecule has 4 N–H and O–H groups in total. The molecule has 0 radical (unpaired) electrons. The number of carboxylic acid groups (broad SMARTS) is 1. The average Bonchev–Trinajstić information content (AvgIpc) is 2.76. The average molecular weight is 291 g/mol. The highest BCUT2D eigenvalue weighted by molar-refractivity contribution is 6.02. The van der Waals surface area contributed by atoms with E-state index >= 15 is 0 Å². The number of aliphatic carboxylic acids is 1. The number of hydrogen-bond acceptors (Lipinski definition) is 4. The maximum absolute atomic E-state index is 12.4. The molecule has 1 heterocycles. The molecule has 1 aliphatic rings. The fourth-order valence-electron chi connectivity index (χ4n) is 2.53. The Morgan fingerprint density at radius 1 is 1.48 bits per heavy atom. The maximum Gasteiger partial charge on any atom is 0.326 e. The maximum atomic E-state index is 12.4. The number of benzene rings is 1. The highest BCUT2D eigenvalue weighted by atomic mass is 16.4. The van der Waals surface area contributed by atoms with Gasteiger partial charge in [-0.05, 0) is 18.6 Å². The first-order valence-corrected chi connectivity index (χ1v) is 6.57. The van der Waals surface area contributed by atoms with Crippen molar-refractivity contribution in [1.29, 1.82) is 0 Å². The van der Waals surface area contributed by atoms with Crippen molar-refractivity contribution in [3.63, 3.8) is 0 Å². The fourth-order valence-corrected chi connectivity index (χ4v) is 2.53. The number of nitrogens with two attached hydrogens (primary N) is 1. The normalized spacial score (nSPS) is 14.7. The minimum Gasteiger partial charge on any atom is -0.480 e. The fraction of sp³-hybridized carbons (Fsp3) is 0.357. The van der Waals surface area contributed by atoms with Gasteiger partial charge in [-0.3, -0.25) is 9.59 Å². The second-order valence-corrected chi connectivity index (χ2v) is 4.87. The van der Waals surface area contributed by atoms with Crippen LogP contribution in [-0.4, -0.2) is 40.9 Å². The second kappa shape index (κ2) is 5.82. The summed E-state index contributed by atoms with van der Waals surface area (Å²) >= 11 is 0. The molecule has 0 spiro atoms. The van der Waals surface area contributed by atoms with Crippen LogP contribution in [0.15, 0.2) is 18.2 Å². The highest BCUT2D eigenvalue weighted by Crippen LogP contribution is 2.31. The summed E-state index contributed by atoms with van der Waals surface area (Å²) in [5.41, 5.74) is 7.12. The minimum atomic E-state index is -1.14. The zero-order valence-corrected chi connectivity index (χ0v) is 11.6. The van der Waals surface area contributed by atoms with Gasteiger partial charge in [0.2, 0.25) is 5.91 Å². The summed E-state index contributed by atoms with van der Waals surface area (Å²) in [6, 6.07) is 4.19. The van der Waals surface area contributed by atoms with Gasteiger partial charge in [0.05, 0.1) is 0 Å². The van der Waals surface area contributed by atoms with Crippen LogP contribution in [0.2, 0.25) is 0 Å². The van der Waals surface area contributed by atoms with Crippen molar-refractivity contribution in [1.82, 2.24) is 4.90 Å². The Balaban J connectivity index is 2.27. The highest BCUT2D eigenvalue weighted by Gasteiger charge is 2.37. The molecule has 7 nitrogen and oxygen atoms in total. The Labute approximate surface area is 121 Å². The summed E-state index contributed by atoms with van der Waals surface area (Å²) in [7, 11) is 1.74. The Bertz CT molecular complexity index is 600. The summed E-state index contributed by atoms with van der Waals surface area (Å²) in [4.78, 5) is 35.9. The molecule has 0 aliphatic carbocycles. The van der Waals surface area contributed by atoms with E-state index in [0.717, 1.165) is 11.3 Å². The van der Waals surface area contributed by atoms with Crippen LogP contribution in [0.1, 0.15) is 28.8 Å². The Morgan fingerprint density at radius 3 is 2.76 bits per heavy atom. The first kappa shape index (κ1) is 14.8. The third-order valence-corrected chi connectivity index (χ3v) is 3.59. The molecule has 0 saturated heterocycles. The molecule has 112 valence electrons. The number of carbonyl (C=O) groups excluding carboxylic acids is 2. The number of amides is 2. The van der Waals surface area contributed by atoms with Crippen molar-refractivity contribution in [2.24, 2.45) is 5.73 Å². The zero-order valence-electron chi connectivity index (χ0n) is 11.6. The molecule has 1 atom stereocenters. The van der Waals surface area contributed by atoms with Gasteiger partial charge < -0.3 is 21.1 Å². The van der Waals surface area contributed by atoms with E-state index in [1.807, 2.05) is 6.07 Å². The lowest BCUT2D eigenvalue weighted by molar-refractivity contribution is -0.142. The lowest BCUT2D eigenvalue weighted by atomic mass is 10.1. The van der Waals surface area contributed by atoms with Crippen LogP contribution in [0.25, 0.3) is 0 Å². The number of carbonyl (C=O) groups is 3. The Morgan fingerprint density at radius 2 is 2.19 bits per heavy atom. The lowest BCUT2D eigenvalue weighted by Gasteiger charge is -2.23. The van der Waals surface area contributed by atoms with Gasteiger partial charge in [0, 0.05) is 36.8 Å². The summed E-state index contributed by atoms with van der Waals surface area (Å²) in [5, 5.41) is 12.3. The number of hydrogen-bond donors (Lipinski definition) is 3. The molecule has 2 amide bonds. The van der Waals surface area contributed by atoms with Crippen LogP contribution in [-0.2, 0) is 16.1 Å². The van der Waals surface area contributed by atoms with E-state index in [0.29, 0.717) is 5.56 Å². The van der Waals surface area contributed by atoms with E-state index in [-0.39, 0.29) is 25.3 Å². The van der Waals surface area contributed by atoms with E-state index in [1.165, 1.54) is 4.90 Å². The van der Waals surface area contributed by atoms with E-state index < -0.39 is 17.9 Å². The first-order chi connectivity index (χ1) is 9.95. The number of carboxylic acids is 1. The van der Waals surface area contributed by atoms with Gasteiger partial charge in [0.15, 0.2) is 0 Å². The van der Waals surface area contributed by atoms with E-state index in [4.69, 9.17) is 5.73 Å². The van der Waals surface area contributed by atoms with Gasteiger partial charge in [-0.25, -0.2) is 4.79 Å². The topological polar surface area (TPSA) is 113 Å². The van der Waals surface area contributed by atoms with Crippen LogP contribution < -0.4 is 11.1 Å². The smallest absolute Gasteiger partial charge is 0.326 e. The van der Waals surface area contributed by atoms with Gasteiger partial charge in [-0.1, -0.05) is 6.07 Å². The summed E-state index contributed by atoms with van der Waals surface area (Å²) in [6.45, 7) is 0.209. The molecule has 2 rings (SSSR count). The molecule has 0 fully saturated rings. The Hall–Kier alpha value is -2.57. The summed E-state index contributed by atoms with van der Waals surface area (Å²) in [5.74, 6) is -2.05. The largest absolute Gasteiger partial charge is 0.480 e. The zero-order chi connectivity index (χ0) is 15.6. The predicted molar refractivity (Wildman–Crippen MR) is 75.7 cm³/mol. The molecule has 7 heteroatoms. The van der Waals surface area contributed by atoms with Crippen molar-refractivity contribution >= 4 is 23.5 Å². The standard InChI is InChI=1S/C14H17N3O4/c1-16-10-4-2-3-8-9(10)7-17(13(8)19)11(14(20)21)5-6-12(15)18/h2-4,11,16H,5-7H2,1H3,(H2,15,18)(H,20,21). The van der Waals surface area contributed by atoms with Crippen LogP contribution in [0, 0.1) is 0 Å². The van der Waals surface area contributed by atoms with E-state index in [2.05, 4.69) is 5.32 Å². The van der Waals surface area contributed by atoms with Crippen molar-refractivity contribution in [2.45, 2.75) is 25.4 Å². The molecular formula is C14H17N3O4. The van der Waals surface area contributed by atoms with Gasteiger partial charge in [0.25, 0.3) is 5.91 Å². The summed E-state index contributed by atoms with van der Waals surface area (Å²) < 4.78 is 0. The molecule has 0 aromatic heterocycles. The molecule has 0 saturated carbocycles. The molecule has 1 aromatic rings. The number of primary amides is 1. The van der Waals surface area contributed by atoms with Crippen LogP contribution >= 0.6 is 0 Å². The summed E-state index contributed by atoms with van der Waals surface area (Å²) in [6.07, 6.45) is -0.0603. The van der Waals surface area contributed by atoms with Crippen molar-refractivity contribution in [3.8, 4) is 0 Å². The third-order valence-electron chi connectivity index (χ3n) is 3.59. The van der Waals surface area contributed by atoms with Crippen molar-refractivity contribution in [3.05, 3.63) is 29.3 Å². The quantitative estimate of drug-likeness (QED) is 0.702. The van der Waals surface area contributed by atoms with Crippen molar-refractivity contribution in [2.75, 3.05) is 12.4 Å². The molecule has 1 unspecified atom stereocenters. The molecule has 1 aliphatic heterocycles. The van der Waals surface area contributed by atoms with Gasteiger partial charge >= 0.3 is 5.97 Å². The monoisotopic (exact) mass is 291 g/mol. The minimum absolute atomic E-state index is 0.0132. The second-order valence-electron chi connectivity index (χ2n) is 4.87. The third kappa shape index (κ3) is 2.81. The van der Waals surface area contributed by atoms with Gasteiger partial charge in [-0.2, -0.15) is 0 Å². The number of fused-ring (bicyclic) bond motifs is 1. The SMILES string of the molecule is CNc1cccc2c1CN(C(CCC(N)=O)C(=O)O)C2=O. The van der Waals surface area contributed by atoms with E-state index in [1.54, 1.807) is 19.2 Å². The first-order valence-electron chi connectivity index (χ1n) is 6.57. The Kier molecular flexibility index (Phi) is 4.11. The number of rotatable bonds is 6. The number of nitrogens with one attached hydrogen (secondary N) is 1.